The summed E-state index contributed by atoms with van der Waals surface area (Å²) in [7, 11) is 1.54. The first-order valence-corrected chi connectivity index (χ1v) is 6.62. The third-order valence-electron chi connectivity index (χ3n) is 2.99. The van der Waals surface area contributed by atoms with Gasteiger partial charge in [-0.2, -0.15) is 0 Å². The summed E-state index contributed by atoms with van der Waals surface area (Å²) in [6, 6.07) is 16.0. The summed E-state index contributed by atoms with van der Waals surface area (Å²) in [5.74, 6) is -0.530. The molecule has 2 rings (SSSR count). The maximum atomic E-state index is 11.8. The Balaban J connectivity index is 1.85. The zero-order valence-electron chi connectivity index (χ0n) is 11.7. The number of hydrogen-bond donors (Lipinski definition) is 0. The Morgan fingerprint density at radius 3 is 2.24 bits per heavy atom. The van der Waals surface area contributed by atoms with Crippen LogP contribution in [-0.4, -0.2) is 19.0 Å². The Bertz CT molecular complexity index is 602. The molecule has 0 aliphatic carbocycles. The highest BCUT2D eigenvalue weighted by atomic mass is 16.6. The molecule has 0 aliphatic heterocycles. The van der Waals surface area contributed by atoms with Crippen molar-refractivity contribution in [2.75, 3.05) is 7.11 Å². The molecule has 0 amide bonds. The zero-order chi connectivity index (χ0) is 15.1. The fourth-order valence-electron chi connectivity index (χ4n) is 1.83. The van der Waals surface area contributed by atoms with Crippen molar-refractivity contribution < 1.29 is 19.1 Å². The van der Waals surface area contributed by atoms with Crippen LogP contribution in [0, 0.1) is 0 Å². The minimum atomic E-state index is -0.643. The topological polar surface area (TPSA) is 52.6 Å². The SMILES string of the molecule is COc1ccc(C(=O)OC(=O)CCc2ccccc2)cc1. The average molecular weight is 284 g/mol. The van der Waals surface area contributed by atoms with Crippen LogP contribution >= 0.6 is 0 Å². The smallest absolute Gasteiger partial charge is 0.345 e. The maximum absolute atomic E-state index is 11.8. The van der Waals surface area contributed by atoms with E-state index in [4.69, 9.17) is 9.47 Å². The Morgan fingerprint density at radius 2 is 1.62 bits per heavy atom. The molecule has 4 nitrogen and oxygen atoms in total. The standard InChI is InChI=1S/C17H16O4/c1-20-15-10-8-14(9-11-15)17(19)21-16(18)12-7-13-5-3-2-4-6-13/h2-6,8-11H,7,12H2,1H3. The molecule has 0 fully saturated rings. The summed E-state index contributed by atoms with van der Waals surface area (Å²) < 4.78 is 9.81. The molecule has 21 heavy (non-hydrogen) atoms. The minimum Gasteiger partial charge on any atom is -0.497 e. The summed E-state index contributed by atoms with van der Waals surface area (Å²) >= 11 is 0. The predicted octanol–water partition coefficient (Wildman–Crippen LogP) is 3.01. The largest absolute Gasteiger partial charge is 0.497 e. The van der Waals surface area contributed by atoms with Crippen molar-refractivity contribution in [3.8, 4) is 5.75 Å². The van der Waals surface area contributed by atoms with E-state index in [0.717, 1.165) is 5.56 Å². The zero-order valence-corrected chi connectivity index (χ0v) is 11.7. The molecular weight excluding hydrogens is 268 g/mol. The fourth-order valence-corrected chi connectivity index (χ4v) is 1.83. The van der Waals surface area contributed by atoms with E-state index < -0.39 is 11.9 Å². The molecule has 0 spiro atoms. The number of rotatable bonds is 5. The lowest BCUT2D eigenvalue weighted by molar-refractivity contribution is -0.137. The summed E-state index contributed by atoms with van der Waals surface area (Å²) in [5, 5.41) is 0. The molecule has 0 saturated carbocycles. The minimum absolute atomic E-state index is 0.173. The first-order valence-electron chi connectivity index (χ1n) is 6.62. The third-order valence-corrected chi connectivity index (χ3v) is 2.99. The lowest BCUT2D eigenvalue weighted by atomic mass is 10.1. The number of aryl methyl sites for hydroxylation is 1. The highest BCUT2D eigenvalue weighted by Crippen LogP contribution is 2.12. The van der Waals surface area contributed by atoms with E-state index in [1.54, 1.807) is 31.4 Å². The Labute approximate surface area is 123 Å². The van der Waals surface area contributed by atoms with Gasteiger partial charge in [-0.25, -0.2) is 4.79 Å². The van der Waals surface area contributed by atoms with Crippen molar-refractivity contribution in [3.05, 3.63) is 65.7 Å². The predicted molar refractivity (Wildman–Crippen MR) is 78.2 cm³/mol. The third kappa shape index (κ3) is 4.45. The van der Waals surface area contributed by atoms with Gasteiger partial charge >= 0.3 is 11.9 Å². The lowest BCUT2D eigenvalue weighted by Crippen LogP contribution is -2.13. The molecule has 0 bridgehead atoms. The highest BCUT2D eigenvalue weighted by Gasteiger charge is 2.13. The molecule has 108 valence electrons. The number of benzene rings is 2. The van der Waals surface area contributed by atoms with Gasteiger partial charge < -0.3 is 9.47 Å². The summed E-state index contributed by atoms with van der Waals surface area (Å²) in [6.07, 6.45) is 0.724. The summed E-state index contributed by atoms with van der Waals surface area (Å²) in [5.41, 5.74) is 1.36. The van der Waals surface area contributed by atoms with E-state index in [1.165, 1.54) is 0 Å². The van der Waals surface area contributed by atoms with Gasteiger partial charge in [0.05, 0.1) is 19.1 Å². The molecule has 4 heteroatoms. The molecule has 2 aromatic carbocycles. The summed E-state index contributed by atoms with van der Waals surface area (Å²) in [6.45, 7) is 0. The summed E-state index contributed by atoms with van der Waals surface area (Å²) in [4.78, 5) is 23.4. The van der Waals surface area contributed by atoms with Crippen LogP contribution in [0.5, 0.6) is 5.75 Å². The molecule has 0 unspecified atom stereocenters. The molecule has 0 aromatic heterocycles. The van der Waals surface area contributed by atoms with Crippen LogP contribution in [0.3, 0.4) is 0 Å². The number of hydrogen-bond acceptors (Lipinski definition) is 4. The fraction of sp³-hybridized carbons (Fsp3) is 0.176. The van der Waals surface area contributed by atoms with Crippen molar-refractivity contribution in [1.29, 1.82) is 0 Å². The van der Waals surface area contributed by atoms with Crippen LogP contribution in [0.4, 0.5) is 0 Å². The lowest BCUT2D eigenvalue weighted by Gasteiger charge is -2.04. The first kappa shape index (κ1) is 14.8. The normalized spacial score (nSPS) is 9.95. The van der Waals surface area contributed by atoms with Crippen LogP contribution in [0.1, 0.15) is 22.3 Å². The van der Waals surface area contributed by atoms with Gasteiger partial charge in [0.1, 0.15) is 5.75 Å². The van der Waals surface area contributed by atoms with Gasteiger partial charge in [0.25, 0.3) is 0 Å². The number of ether oxygens (including phenoxy) is 2. The molecule has 2 aromatic rings. The van der Waals surface area contributed by atoms with Gasteiger partial charge in [0, 0.05) is 0 Å². The quantitative estimate of drug-likeness (QED) is 0.625. The molecule has 0 N–H and O–H groups in total. The van der Waals surface area contributed by atoms with E-state index in [2.05, 4.69) is 0 Å². The van der Waals surface area contributed by atoms with Crippen LogP contribution in [-0.2, 0) is 16.0 Å². The van der Waals surface area contributed by atoms with E-state index in [0.29, 0.717) is 17.7 Å². The van der Waals surface area contributed by atoms with Gasteiger partial charge in [0.15, 0.2) is 0 Å². The van der Waals surface area contributed by atoms with Crippen molar-refractivity contribution in [3.63, 3.8) is 0 Å². The van der Waals surface area contributed by atoms with Crippen molar-refractivity contribution >= 4 is 11.9 Å². The number of esters is 2. The molecule has 0 atom stereocenters. The average Bonchev–Trinajstić information content (AvgIpc) is 2.54. The Kier molecular flexibility index (Phi) is 5.10. The second-order valence-corrected chi connectivity index (χ2v) is 4.48. The highest BCUT2D eigenvalue weighted by molar-refractivity contribution is 5.96. The van der Waals surface area contributed by atoms with Gasteiger partial charge in [-0.3, -0.25) is 4.79 Å². The monoisotopic (exact) mass is 284 g/mol. The molecule has 0 saturated heterocycles. The first-order chi connectivity index (χ1) is 10.2. The van der Waals surface area contributed by atoms with Crippen LogP contribution < -0.4 is 4.74 Å². The van der Waals surface area contributed by atoms with Crippen molar-refractivity contribution in [2.45, 2.75) is 12.8 Å². The van der Waals surface area contributed by atoms with E-state index in [1.807, 2.05) is 30.3 Å². The second kappa shape index (κ2) is 7.24. The van der Waals surface area contributed by atoms with Crippen LogP contribution in [0.15, 0.2) is 54.6 Å². The van der Waals surface area contributed by atoms with Gasteiger partial charge in [-0.15, -0.1) is 0 Å². The number of carbonyl (C=O) groups is 2. The van der Waals surface area contributed by atoms with Crippen LogP contribution in [0.25, 0.3) is 0 Å². The van der Waals surface area contributed by atoms with Crippen LogP contribution in [0.2, 0.25) is 0 Å². The van der Waals surface area contributed by atoms with Gasteiger partial charge in [-0.05, 0) is 36.2 Å². The molecule has 0 aliphatic rings. The number of methoxy groups -OCH3 is 1. The van der Waals surface area contributed by atoms with E-state index in [9.17, 15) is 9.59 Å². The second-order valence-electron chi connectivity index (χ2n) is 4.48. The Morgan fingerprint density at radius 1 is 0.952 bits per heavy atom. The van der Waals surface area contributed by atoms with Gasteiger partial charge in [0.2, 0.25) is 0 Å². The van der Waals surface area contributed by atoms with E-state index in [-0.39, 0.29) is 6.42 Å². The van der Waals surface area contributed by atoms with Crippen molar-refractivity contribution in [2.24, 2.45) is 0 Å². The van der Waals surface area contributed by atoms with Crippen molar-refractivity contribution in [1.82, 2.24) is 0 Å². The molecule has 0 radical (unpaired) electrons. The van der Waals surface area contributed by atoms with E-state index >= 15 is 0 Å². The Hall–Kier alpha value is -2.62. The molecular formula is C17H16O4. The molecule has 0 heterocycles. The maximum Gasteiger partial charge on any atom is 0.345 e. The number of carbonyl (C=O) groups excluding carboxylic acids is 2. The van der Waals surface area contributed by atoms with Gasteiger partial charge in [-0.1, -0.05) is 30.3 Å².